The molecule has 2 aromatic rings. The fourth-order valence-electron chi connectivity index (χ4n) is 2.42. The van der Waals surface area contributed by atoms with Crippen LogP contribution in [0.15, 0.2) is 42.5 Å². The van der Waals surface area contributed by atoms with Crippen LogP contribution in [-0.4, -0.2) is 26.0 Å². The van der Waals surface area contributed by atoms with Crippen LogP contribution in [0.3, 0.4) is 0 Å². The normalized spacial score (nSPS) is 10.3. The Bertz CT molecular complexity index is 770. The first-order valence-corrected chi connectivity index (χ1v) is 8.34. The van der Waals surface area contributed by atoms with Gasteiger partial charge in [0.25, 0.3) is 0 Å². The second kappa shape index (κ2) is 8.89. The topological polar surface area (TPSA) is 76.7 Å². The molecular weight excluding hydrogens is 332 g/mol. The van der Waals surface area contributed by atoms with Gasteiger partial charge >= 0.3 is 0 Å². The number of nitrogens with one attached hydrogen (secondary N) is 2. The van der Waals surface area contributed by atoms with E-state index in [4.69, 9.17) is 9.47 Å². The van der Waals surface area contributed by atoms with E-state index in [1.54, 1.807) is 18.2 Å². The molecule has 0 unspecified atom stereocenters. The molecule has 6 heteroatoms. The SMILES string of the molecule is COc1ccc(NC(=O)CC(=O)Nc2ccc(C(C)C)cc2)cc1OC. The van der Waals surface area contributed by atoms with Gasteiger partial charge < -0.3 is 20.1 Å². The van der Waals surface area contributed by atoms with Crippen LogP contribution in [0, 0.1) is 0 Å². The molecule has 2 rings (SSSR count). The third-order valence-electron chi connectivity index (χ3n) is 3.85. The summed E-state index contributed by atoms with van der Waals surface area (Å²) in [6.45, 7) is 4.21. The molecule has 2 amide bonds. The Morgan fingerprint density at radius 3 is 1.92 bits per heavy atom. The maximum absolute atomic E-state index is 12.1. The molecule has 2 N–H and O–H groups in total. The van der Waals surface area contributed by atoms with Crippen molar-refractivity contribution in [2.24, 2.45) is 0 Å². The van der Waals surface area contributed by atoms with E-state index in [0.717, 1.165) is 0 Å². The van der Waals surface area contributed by atoms with E-state index in [1.165, 1.54) is 19.8 Å². The second-order valence-electron chi connectivity index (χ2n) is 6.12. The number of benzene rings is 2. The van der Waals surface area contributed by atoms with Gasteiger partial charge in [0, 0.05) is 17.4 Å². The lowest BCUT2D eigenvalue weighted by Crippen LogP contribution is -2.21. The molecule has 0 aliphatic carbocycles. The summed E-state index contributed by atoms with van der Waals surface area (Å²) in [7, 11) is 3.05. The summed E-state index contributed by atoms with van der Waals surface area (Å²) in [5.74, 6) is 0.703. The van der Waals surface area contributed by atoms with E-state index >= 15 is 0 Å². The molecule has 26 heavy (non-hydrogen) atoms. The lowest BCUT2D eigenvalue weighted by atomic mass is 10.0. The maximum Gasteiger partial charge on any atom is 0.233 e. The van der Waals surface area contributed by atoms with E-state index in [-0.39, 0.29) is 12.3 Å². The number of amides is 2. The van der Waals surface area contributed by atoms with E-state index in [1.807, 2.05) is 24.3 Å². The number of hydrogen-bond donors (Lipinski definition) is 2. The van der Waals surface area contributed by atoms with Gasteiger partial charge in [-0.2, -0.15) is 0 Å². The molecule has 0 aliphatic rings. The van der Waals surface area contributed by atoms with Crippen molar-refractivity contribution in [3.05, 3.63) is 48.0 Å². The number of rotatable bonds is 7. The van der Waals surface area contributed by atoms with Crippen molar-refractivity contribution in [2.75, 3.05) is 24.9 Å². The lowest BCUT2D eigenvalue weighted by Gasteiger charge is -2.11. The highest BCUT2D eigenvalue weighted by molar-refractivity contribution is 6.08. The fourth-order valence-corrected chi connectivity index (χ4v) is 2.42. The van der Waals surface area contributed by atoms with Crippen molar-refractivity contribution in [2.45, 2.75) is 26.2 Å². The molecule has 138 valence electrons. The Kier molecular flexibility index (Phi) is 6.60. The molecule has 6 nitrogen and oxygen atoms in total. The molecule has 0 spiro atoms. The Morgan fingerprint density at radius 2 is 1.38 bits per heavy atom. The van der Waals surface area contributed by atoms with Crippen LogP contribution in [0.25, 0.3) is 0 Å². The molecule has 0 aliphatic heterocycles. The highest BCUT2D eigenvalue weighted by Gasteiger charge is 2.12. The Labute approximate surface area is 153 Å². The van der Waals surface area contributed by atoms with Crippen molar-refractivity contribution < 1.29 is 19.1 Å². The van der Waals surface area contributed by atoms with Crippen LogP contribution in [0.2, 0.25) is 0 Å². The highest BCUT2D eigenvalue weighted by Crippen LogP contribution is 2.29. The van der Waals surface area contributed by atoms with Gasteiger partial charge in [-0.15, -0.1) is 0 Å². The number of carbonyl (C=O) groups is 2. The van der Waals surface area contributed by atoms with E-state index < -0.39 is 5.91 Å². The molecule has 0 atom stereocenters. The van der Waals surface area contributed by atoms with E-state index in [2.05, 4.69) is 24.5 Å². The van der Waals surface area contributed by atoms with Crippen LogP contribution in [0.1, 0.15) is 31.7 Å². The predicted molar refractivity (Wildman–Crippen MR) is 102 cm³/mol. The number of ether oxygens (including phenoxy) is 2. The number of carbonyl (C=O) groups excluding carboxylic acids is 2. The quantitative estimate of drug-likeness (QED) is 0.740. The first kappa shape index (κ1) is 19.3. The van der Waals surface area contributed by atoms with Gasteiger partial charge in [-0.05, 0) is 35.7 Å². The zero-order valence-corrected chi connectivity index (χ0v) is 15.5. The smallest absolute Gasteiger partial charge is 0.233 e. The minimum absolute atomic E-state index is 0.278. The molecule has 2 aromatic carbocycles. The van der Waals surface area contributed by atoms with Gasteiger partial charge in [-0.25, -0.2) is 0 Å². The van der Waals surface area contributed by atoms with Gasteiger partial charge in [-0.3, -0.25) is 9.59 Å². The average Bonchev–Trinajstić information content (AvgIpc) is 2.61. The first-order chi connectivity index (χ1) is 12.4. The van der Waals surface area contributed by atoms with Crippen molar-refractivity contribution in [3.63, 3.8) is 0 Å². The zero-order chi connectivity index (χ0) is 19.1. The molecule has 0 radical (unpaired) electrons. The van der Waals surface area contributed by atoms with Crippen LogP contribution in [0.4, 0.5) is 11.4 Å². The highest BCUT2D eigenvalue weighted by atomic mass is 16.5. The predicted octanol–water partition coefficient (Wildman–Crippen LogP) is 3.79. The minimum atomic E-state index is -0.409. The van der Waals surface area contributed by atoms with Crippen molar-refractivity contribution in [1.82, 2.24) is 0 Å². The largest absolute Gasteiger partial charge is 0.493 e. The summed E-state index contributed by atoms with van der Waals surface area (Å²) in [5.41, 5.74) is 2.38. The molecule has 0 saturated carbocycles. The molecular formula is C20H24N2O4. The summed E-state index contributed by atoms with van der Waals surface area (Å²) in [5, 5.41) is 5.39. The number of hydrogen-bond acceptors (Lipinski definition) is 4. The van der Waals surface area contributed by atoms with Gasteiger partial charge in [0.05, 0.1) is 14.2 Å². The summed E-state index contributed by atoms with van der Waals surface area (Å²) in [4.78, 5) is 24.1. The third kappa shape index (κ3) is 5.24. The van der Waals surface area contributed by atoms with E-state index in [9.17, 15) is 9.59 Å². The average molecular weight is 356 g/mol. The molecule has 0 fully saturated rings. The summed E-state index contributed by atoms with van der Waals surface area (Å²) in [6, 6.07) is 12.6. The van der Waals surface area contributed by atoms with Crippen molar-refractivity contribution in [3.8, 4) is 11.5 Å². The summed E-state index contributed by atoms with van der Waals surface area (Å²) in [6.07, 6.45) is -0.278. The van der Waals surface area contributed by atoms with Gasteiger partial charge in [0.2, 0.25) is 11.8 Å². The van der Waals surface area contributed by atoms with E-state index in [0.29, 0.717) is 28.8 Å². The molecule has 0 aromatic heterocycles. The van der Waals surface area contributed by atoms with Gasteiger partial charge in [0.1, 0.15) is 6.42 Å². The minimum Gasteiger partial charge on any atom is -0.493 e. The Hall–Kier alpha value is -3.02. The van der Waals surface area contributed by atoms with Crippen LogP contribution < -0.4 is 20.1 Å². The summed E-state index contributed by atoms with van der Waals surface area (Å²) >= 11 is 0. The Morgan fingerprint density at radius 1 is 0.846 bits per heavy atom. The third-order valence-corrected chi connectivity index (χ3v) is 3.85. The maximum atomic E-state index is 12.1. The fraction of sp³-hybridized carbons (Fsp3) is 0.300. The van der Waals surface area contributed by atoms with Gasteiger partial charge in [0.15, 0.2) is 11.5 Å². The number of anilines is 2. The second-order valence-corrected chi connectivity index (χ2v) is 6.12. The van der Waals surface area contributed by atoms with Crippen LogP contribution in [0.5, 0.6) is 11.5 Å². The molecule has 0 saturated heterocycles. The number of methoxy groups -OCH3 is 2. The first-order valence-electron chi connectivity index (χ1n) is 8.34. The van der Waals surface area contributed by atoms with Crippen LogP contribution >= 0.6 is 0 Å². The zero-order valence-electron chi connectivity index (χ0n) is 15.5. The lowest BCUT2D eigenvalue weighted by molar-refractivity contribution is -0.123. The Balaban J connectivity index is 1.91. The standard InChI is InChI=1S/C20H24N2O4/c1-13(2)14-5-7-15(8-6-14)21-19(23)12-20(24)22-16-9-10-17(25-3)18(11-16)26-4/h5-11,13H,12H2,1-4H3,(H,21,23)(H,22,24). The summed E-state index contributed by atoms with van der Waals surface area (Å²) < 4.78 is 10.3. The van der Waals surface area contributed by atoms with Gasteiger partial charge in [-0.1, -0.05) is 26.0 Å². The molecule has 0 bridgehead atoms. The van der Waals surface area contributed by atoms with Crippen molar-refractivity contribution >= 4 is 23.2 Å². The van der Waals surface area contributed by atoms with Crippen LogP contribution in [-0.2, 0) is 9.59 Å². The van der Waals surface area contributed by atoms with Crippen molar-refractivity contribution in [1.29, 1.82) is 0 Å². The molecule has 0 heterocycles. The monoisotopic (exact) mass is 356 g/mol.